The second-order valence-corrected chi connectivity index (χ2v) is 6.59. The van der Waals surface area contributed by atoms with Crippen LogP contribution in [0.4, 0.5) is 0 Å². The van der Waals surface area contributed by atoms with Crippen LogP contribution in [-0.2, 0) is 0 Å². The molecule has 110 valence electrons. The van der Waals surface area contributed by atoms with Gasteiger partial charge in [-0.3, -0.25) is 0 Å². The number of aliphatic hydroxyl groups excluding tert-OH is 1. The molecule has 0 fully saturated rings. The average molecular weight is 258 g/mol. The highest BCUT2D eigenvalue weighted by molar-refractivity contribution is 4.84. The third-order valence-corrected chi connectivity index (χ3v) is 3.89. The van der Waals surface area contributed by atoms with Crippen LogP contribution in [0.15, 0.2) is 0 Å². The summed E-state index contributed by atoms with van der Waals surface area (Å²) in [4.78, 5) is 2.41. The Morgan fingerprint density at radius 3 is 2.11 bits per heavy atom. The van der Waals surface area contributed by atoms with E-state index in [-0.39, 0.29) is 12.1 Å². The van der Waals surface area contributed by atoms with Gasteiger partial charge >= 0.3 is 0 Å². The number of nitrogens with one attached hydrogen (secondary N) is 1. The summed E-state index contributed by atoms with van der Waals surface area (Å²) in [6.45, 7) is 14.5. The van der Waals surface area contributed by atoms with Gasteiger partial charge in [0, 0.05) is 17.6 Å². The van der Waals surface area contributed by atoms with Crippen LogP contribution in [0.5, 0.6) is 0 Å². The molecule has 3 nitrogen and oxygen atoms in total. The highest BCUT2D eigenvalue weighted by Crippen LogP contribution is 2.15. The van der Waals surface area contributed by atoms with Crippen LogP contribution in [0.25, 0.3) is 0 Å². The molecule has 18 heavy (non-hydrogen) atoms. The fourth-order valence-corrected chi connectivity index (χ4v) is 2.33. The molecule has 0 aliphatic rings. The number of nitrogens with zero attached hydrogens (tertiary/aromatic N) is 1. The standard InChI is InChI=1S/C15H34N2O/c1-12(2)14(5)17(7)10-8-9-15(6,11-18)16-13(3)4/h12-14,16,18H,8-11H2,1-7H3. The second kappa shape index (κ2) is 8.13. The summed E-state index contributed by atoms with van der Waals surface area (Å²) < 4.78 is 0. The summed E-state index contributed by atoms with van der Waals surface area (Å²) in [6.07, 6.45) is 2.13. The molecule has 0 rings (SSSR count). The van der Waals surface area contributed by atoms with Gasteiger partial charge in [0.05, 0.1) is 6.61 Å². The highest BCUT2D eigenvalue weighted by atomic mass is 16.3. The van der Waals surface area contributed by atoms with Crippen LogP contribution in [0.2, 0.25) is 0 Å². The van der Waals surface area contributed by atoms with Crippen molar-refractivity contribution in [2.45, 2.75) is 72.0 Å². The molecule has 0 aliphatic heterocycles. The molecular formula is C15H34N2O. The minimum Gasteiger partial charge on any atom is -0.394 e. The van der Waals surface area contributed by atoms with Gasteiger partial charge in [-0.25, -0.2) is 0 Å². The molecule has 0 heterocycles. The van der Waals surface area contributed by atoms with Crippen molar-refractivity contribution >= 4 is 0 Å². The van der Waals surface area contributed by atoms with E-state index in [2.05, 4.69) is 58.8 Å². The smallest absolute Gasteiger partial charge is 0.0610 e. The molecule has 0 spiro atoms. The topological polar surface area (TPSA) is 35.5 Å². The maximum atomic E-state index is 9.52. The molecule has 0 saturated carbocycles. The predicted octanol–water partition coefficient (Wildman–Crippen LogP) is 2.49. The van der Waals surface area contributed by atoms with Crippen LogP contribution in [0, 0.1) is 5.92 Å². The zero-order valence-corrected chi connectivity index (χ0v) is 13.5. The summed E-state index contributed by atoms with van der Waals surface area (Å²) in [7, 11) is 2.19. The minimum atomic E-state index is -0.143. The molecule has 0 aliphatic carbocycles. The van der Waals surface area contributed by atoms with Crippen LogP contribution >= 0.6 is 0 Å². The van der Waals surface area contributed by atoms with E-state index in [9.17, 15) is 5.11 Å². The summed E-state index contributed by atoms with van der Waals surface area (Å²) >= 11 is 0. The first-order valence-electron chi connectivity index (χ1n) is 7.30. The normalized spacial score (nSPS) is 17.5. The summed E-state index contributed by atoms with van der Waals surface area (Å²) in [5.41, 5.74) is -0.143. The number of aliphatic hydroxyl groups is 1. The van der Waals surface area contributed by atoms with E-state index in [1.165, 1.54) is 0 Å². The first-order chi connectivity index (χ1) is 8.22. The lowest BCUT2D eigenvalue weighted by Gasteiger charge is -2.33. The van der Waals surface area contributed by atoms with Gasteiger partial charge in [0.2, 0.25) is 0 Å². The number of hydrogen-bond donors (Lipinski definition) is 2. The van der Waals surface area contributed by atoms with Gasteiger partial charge in [-0.15, -0.1) is 0 Å². The van der Waals surface area contributed by atoms with Gasteiger partial charge in [-0.2, -0.15) is 0 Å². The summed E-state index contributed by atoms with van der Waals surface area (Å²) in [5.74, 6) is 0.688. The first-order valence-corrected chi connectivity index (χ1v) is 7.30. The van der Waals surface area contributed by atoms with E-state index in [4.69, 9.17) is 0 Å². The van der Waals surface area contributed by atoms with E-state index in [1.54, 1.807) is 0 Å². The molecule has 0 amide bonds. The number of hydrogen-bond acceptors (Lipinski definition) is 3. The van der Waals surface area contributed by atoms with Crippen LogP contribution < -0.4 is 5.32 Å². The van der Waals surface area contributed by atoms with Gasteiger partial charge in [-0.05, 0) is 46.2 Å². The molecule has 0 aromatic carbocycles. The maximum Gasteiger partial charge on any atom is 0.0610 e. The molecule has 2 atom stereocenters. The zero-order chi connectivity index (χ0) is 14.3. The van der Waals surface area contributed by atoms with E-state index in [1.807, 2.05) is 0 Å². The van der Waals surface area contributed by atoms with Gasteiger partial charge in [-0.1, -0.05) is 27.7 Å². The van der Waals surface area contributed by atoms with Crippen molar-refractivity contribution in [3.8, 4) is 0 Å². The SMILES string of the molecule is CC(C)NC(C)(CO)CCCN(C)C(C)C(C)C. The largest absolute Gasteiger partial charge is 0.394 e. The molecule has 0 saturated heterocycles. The van der Waals surface area contributed by atoms with Crippen molar-refractivity contribution in [3.63, 3.8) is 0 Å². The average Bonchev–Trinajstić information content (AvgIpc) is 2.26. The lowest BCUT2D eigenvalue weighted by molar-refractivity contribution is 0.142. The summed E-state index contributed by atoms with van der Waals surface area (Å²) in [6, 6.07) is 1.03. The molecule has 0 bridgehead atoms. The lowest BCUT2D eigenvalue weighted by atomic mass is 9.95. The maximum absolute atomic E-state index is 9.52. The van der Waals surface area contributed by atoms with E-state index in [0.717, 1.165) is 19.4 Å². The number of rotatable bonds is 9. The Kier molecular flexibility index (Phi) is 8.08. The molecular weight excluding hydrogens is 224 g/mol. The lowest BCUT2D eigenvalue weighted by Crippen LogP contribution is -2.49. The Morgan fingerprint density at radius 2 is 1.72 bits per heavy atom. The summed E-state index contributed by atoms with van der Waals surface area (Å²) in [5, 5.41) is 13.0. The minimum absolute atomic E-state index is 0.143. The highest BCUT2D eigenvalue weighted by Gasteiger charge is 2.23. The molecule has 2 N–H and O–H groups in total. The van der Waals surface area contributed by atoms with E-state index in [0.29, 0.717) is 18.0 Å². The van der Waals surface area contributed by atoms with Crippen molar-refractivity contribution in [1.82, 2.24) is 10.2 Å². The quantitative estimate of drug-likeness (QED) is 0.667. The third kappa shape index (κ3) is 6.72. The Hall–Kier alpha value is -0.120. The Bertz CT molecular complexity index is 219. The Labute approximate surface area is 114 Å². The van der Waals surface area contributed by atoms with E-state index < -0.39 is 0 Å². The Morgan fingerprint density at radius 1 is 1.17 bits per heavy atom. The van der Waals surface area contributed by atoms with Crippen molar-refractivity contribution in [2.24, 2.45) is 5.92 Å². The second-order valence-electron chi connectivity index (χ2n) is 6.59. The molecule has 0 aromatic rings. The van der Waals surface area contributed by atoms with Gasteiger partial charge in [0.1, 0.15) is 0 Å². The molecule has 2 unspecified atom stereocenters. The first kappa shape index (κ1) is 17.9. The predicted molar refractivity (Wildman–Crippen MR) is 79.9 cm³/mol. The monoisotopic (exact) mass is 258 g/mol. The molecule has 0 aromatic heterocycles. The fraction of sp³-hybridized carbons (Fsp3) is 1.00. The van der Waals surface area contributed by atoms with Gasteiger partial charge < -0.3 is 15.3 Å². The zero-order valence-electron chi connectivity index (χ0n) is 13.5. The fourth-order valence-electron chi connectivity index (χ4n) is 2.33. The van der Waals surface area contributed by atoms with Crippen LogP contribution in [-0.4, -0.2) is 47.8 Å². The van der Waals surface area contributed by atoms with Crippen molar-refractivity contribution in [1.29, 1.82) is 0 Å². The van der Waals surface area contributed by atoms with Crippen molar-refractivity contribution in [3.05, 3.63) is 0 Å². The van der Waals surface area contributed by atoms with Crippen LogP contribution in [0.3, 0.4) is 0 Å². The third-order valence-electron chi connectivity index (χ3n) is 3.89. The molecule has 3 heteroatoms. The van der Waals surface area contributed by atoms with Crippen LogP contribution in [0.1, 0.15) is 54.4 Å². The van der Waals surface area contributed by atoms with Crippen molar-refractivity contribution < 1.29 is 5.11 Å². The van der Waals surface area contributed by atoms with Crippen molar-refractivity contribution in [2.75, 3.05) is 20.2 Å². The van der Waals surface area contributed by atoms with E-state index >= 15 is 0 Å². The van der Waals surface area contributed by atoms with Gasteiger partial charge in [0.15, 0.2) is 0 Å². The molecule has 0 radical (unpaired) electrons. The Balaban J connectivity index is 4.07. The van der Waals surface area contributed by atoms with Gasteiger partial charge in [0.25, 0.3) is 0 Å².